The molecular formula is C12H18N2O2. The van der Waals surface area contributed by atoms with Gasteiger partial charge in [-0.2, -0.15) is 0 Å². The summed E-state index contributed by atoms with van der Waals surface area (Å²) >= 11 is 0. The lowest BCUT2D eigenvalue weighted by molar-refractivity contribution is -0.132. The number of nitrogens with one attached hydrogen (secondary N) is 1. The Balaban J connectivity index is 2.71. The number of carbonyl (C=O) groups is 1. The van der Waals surface area contributed by atoms with Crippen molar-refractivity contribution in [3.63, 3.8) is 0 Å². The number of benzene rings is 1. The molecule has 2 atom stereocenters. The maximum Gasteiger partial charge on any atom is 0.254 e. The SMILES string of the molecule is COC(C(=O)NC(C)CN)c1ccccc1. The van der Waals surface area contributed by atoms with Crippen molar-refractivity contribution < 1.29 is 9.53 Å². The Bertz CT molecular complexity index is 327. The molecule has 1 rings (SSSR count). The van der Waals surface area contributed by atoms with Gasteiger partial charge in [0.05, 0.1) is 0 Å². The summed E-state index contributed by atoms with van der Waals surface area (Å²) in [6.07, 6.45) is -0.574. The van der Waals surface area contributed by atoms with Gasteiger partial charge in [-0.25, -0.2) is 0 Å². The number of carbonyl (C=O) groups excluding carboxylic acids is 1. The molecule has 4 nitrogen and oxygen atoms in total. The Morgan fingerprint density at radius 1 is 1.44 bits per heavy atom. The van der Waals surface area contributed by atoms with Gasteiger partial charge in [-0.3, -0.25) is 4.79 Å². The van der Waals surface area contributed by atoms with Crippen molar-refractivity contribution in [2.75, 3.05) is 13.7 Å². The molecule has 0 aliphatic carbocycles. The summed E-state index contributed by atoms with van der Waals surface area (Å²) in [6, 6.07) is 9.33. The third-order valence-electron chi connectivity index (χ3n) is 2.32. The van der Waals surface area contributed by atoms with E-state index < -0.39 is 6.10 Å². The standard InChI is InChI=1S/C12H18N2O2/c1-9(8-13)14-12(15)11(16-2)10-6-4-3-5-7-10/h3-7,9,11H,8,13H2,1-2H3,(H,14,15). The third kappa shape index (κ3) is 3.32. The molecule has 88 valence electrons. The average Bonchev–Trinajstić information content (AvgIpc) is 2.31. The molecule has 0 saturated carbocycles. The van der Waals surface area contributed by atoms with Crippen molar-refractivity contribution in [2.24, 2.45) is 5.73 Å². The van der Waals surface area contributed by atoms with Crippen LogP contribution in [0.1, 0.15) is 18.6 Å². The van der Waals surface area contributed by atoms with Crippen LogP contribution in [0.2, 0.25) is 0 Å². The first kappa shape index (κ1) is 12.7. The van der Waals surface area contributed by atoms with Gasteiger partial charge < -0.3 is 15.8 Å². The predicted molar refractivity (Wildman–Crippen MR) is 62.9 cm³/mol. The number of amides is 1. The van der Waals surface area contributed by atoms with Gasteiger partial charge >= 0.3 is 0 Å². The quantitative estimate of drug-likeness (QED) is 0.776. The Morgan fingerprint density at radius 3 is 2.56 bits per heavy atom. The topological polar surface area (TPSA) is 64.3 Å². The highest BCUT2D eigenvalue weighted by atomic mass is 16.5. The minimum Gasteiger partial charge on any atom is -0.367 e. The molecule has 2 unspecified atom stereocenters. The smallest absolute Gasteiger partial charge is 0.254 e. The van der Waals surface area contributed by atoms with Crippen molar-refractivity contribution in [3.8, 4) is 0 Å². The lowest BCUT2D eigenvalue weighted by atomic mass is 10.1. The molecule has 0 saturated heterocycles. The Hall–Kier alpha value is -1.39. The van der Waals surface area contributed by atoms with Gasteiger partial charge in [-0.1, -0.05) is 30.3 Å². The molecule has 16 heavy (non-hydrogen) atoms. The second-order valence-electron chi connectivity index (χ2n) is 3.67. The zero-order chi connectivity index (χ0) is 12.0. The first-order valence-corrected chi connectivity index (χ1v) is 5.27. The van der Waals surface area contributed by atoms with Gasteiger partial charge in [-0.15, -0.1) is 0 Å². The van der Waals surface area contributed by atoms with Gasteiger partial charge in [0.1, 0.15) is 0 Å². The van der Waals surface area contributed by atoms with Gasteiger partial charge in [0.15, 0.2) is 6.10 Å². The van der Waals surface area contributed by atoms with Crippen LogP contribution in [0.5, 0.6) is 0 Å². The molecular weight excluding hydrogens is 204 g/mol. The van der Waals surface area contributed by atoms with Crippen LogP contribution in [0.4, 0.5) is 0 Å². The van der Waals surface area contributed by atoms with E-state index in [9.17, 15) is 4.79 Å². The highest BCUT2D eigenvalue weighted by Gasteiger charge is 2.20. The highest BCUT2D eigenvalue weighted by Crippen LogP contribution is 2.16. The summed E-state index contributed by atoms with van der Waals surface area (Å²) in [4.78, 5) is 11.9. The monoisotopic (exact) mass is 222 g/mol. The van der Waals surface area contributed by atoms with Crippen LogP contribution in [0, 0.1) is 0 Å². The maximum atomic E-state index is 11.9. The fraction of sp³-hybridized carbons (Fsp3) is 0.417. The Kier molecular flexibility index (Phi) is 4.95. The van der Waals surface area contributed by atoms with Gasteiger partial charge in [0.2, 0.25) is 0 Å². The number of ether oxygens (including phenoxy) is 1. The second-order valence-corrected chi connectivity index (χ2v) is 3.67. The fourth-order valence-electron chi connectivity index (χ4n) is 1.40. The molecule has 0 bridgehead atoms. The van der Waals surface area contributed by atoms with Gasteiger partial charge in [0, 0.05) is 19.7 Å². The summed E-state index contributed by atoms with van der Waals surface area (Å²) in [5.41, 5.74) is 6.28. The molecule has 0 fully saturated rings. The molecule has 0 spiro atoms. The molecule has 0 aliphatic heterocycles. The third-order valence-corrected chi connectivity index (χ3v) is 2.32. The summed E-state index contributed by atoms with van der Waals surface area (Å²) < 4.78 is 5.19. The van der Waals surface area contributed by atoms with E-state index in [4.69, 9.17) is 10.5 Å². The van der Waals surface area contributed by atoms with Crippen molar-refractivity contribution in [2.45, 2.75) is 19.1 Å². The zero-order valence-electron chi connectivity index (χ0n) is 9.64. The summed E-state index contributed by atoms with van der Waals surface area (Å²) in [5.74, 6) is -0.161. The van der Waals surface area contributed by atoms with Crippen LogP contribution in [0.3, 0.4) is 0 Å². The van der Waals surface area contributed by atoms with Crippen LogP contribution in [-0.4, -0.2) is 25.6 Å². The minimum atomic E-state index is -0.574. The molecule has 3 N–H and O–H groups in total. The van der Waals surface area contributed by atoms with E-state index in [1.807, 2.05) is 37.3 Å². The van der Waals surface area contributed by atoms with E-state index in [1.165, 1.54) is 7.11 Å². The van der Waals surface area contributed by atoms with E-state index in [1.54, 1.807) is 0 Å². The average molecular weight is 222 g/mol. The van der Waals surface area contributed by atoms with Gasteiger partial charge in [-0.05, 0) is 12.5 Å². The lowest BCUT2D eigenvalue weighted by Gasteiger charge is -2.18. The van der Waals surface area contributed by atoms with Crippen LogP contribution in [0.25, 0.3) is 0 Å². The van der Waals surface area contributed by atoms with E-state index in [-0.39, 0.29) is 11.9 Å². The largest absolute Gasteiger partial charge is 0.367 e. The Morgan fingerprint density at radius 2 is 2.06 bits per heavy atom. The molecule has 4 heteroatoms. The van der Waals surface area contributed by atoms with Crippen LogP contribution < -0.4 is 11.1 Å². The summed E-state index contributed by atoms with van der Waals surface area (Å²) in [7, 11) is 1.52. The number of hydrogen-bond donors (Lipinski definition) is 2. The number of nitrogens with two attached hydrogens (primary N) is 1. The molecule has 1 amide bonds. The van der Waals surface area contributed by atoms with E-state index in [2.05, 4.69) is 5.32 Å². The van der Waals surface area contributed by atoms with E-state index in [0.29, 0.717) is 6.54 Å². The normalized spacial score (nSPS) is 14.2. The molecule has 0 aromatic heterocycles. The number of rotatable bonds is 5. The number of hydrogen-bond acceptors (Lipinski definition) is 3. The summed E-state index contributed by atoms with van der Waals surface area (Å²) in [5, 5.41) is 2.79. The maximum absolute atomic E-state index is 11.9. The van der Waals surface area contributed by atoms with Crippen molar-refractivity contribution in [3.05, 3.63) is 35.9 Å². The van der Waals surface area contributed by atoms with E-state index >= 15 is 0 Å². The Labute approximate surface area is 95.8 Å². The van der Waals surface area contributed by atoms with Crippen LogP contribution in [-0.2, 0) is 9.53 Å². The molecule has 0 aliphatic rings. The zero-order valence-corrected chi connectivity index (χ0v) is 9.64. The second kappa shape index (κ2) is 6.25. The first-order valence-electron chi connectivity index (χ1n) is 5.27. The van der Waals surface area contributed by atoms with E-state index in [0.717, 1.165) is 5.56 Å². The van der Waals surface area contributed by atoms with Crippen LogP contribution in [0.15, 0.2) is 30.3 Å². The molecule has 0 heterocycles. The van der Waals surface area contributed by atoms with Crippen molar-refractivity contribution in [1.82, 2.24) is 5.32 Å². The predicted octanol–water partition coefficient (Wildman–Crippen LogP) is 0.838. The molecule has 1 aromatic carbocycles. The lowest BCUT2D eigenvalue weighted by Crippen LogP contribution is -2.40. The van der Waals surface area contributed by atoms with Gasteiger partial charge in [0.25, 0.3) is 5.91 Å². The molecule has 0 radical (unpaired) electrons. The summed E-state index contributed by atoms with van der Waals surface area (Å²) in [6.45, 7) is 2.27. The van der Waals surface area contributed by atoms with Crippen molar-refractivity contribution in [1.29, 1.82) is 0 Å². The first-order chi connectivity index (χ1) is 7.69. The molecule has 1 aromatic rings. The highest BCUT2D eigenvalue weighted by molar-refractivity contribution is 5.82. The minimum absolute atomic E-state index is 0.0473. The number of methoxy groups -OCH3 is 1. The van der Waals surface area contributed by atoms with Crippen molar-refractivity contribution >= 4 is 5.91 Å². The van der Waals surface area contributed by atoms with Crippen LogP contribution >= 0.6 is 0 Å². The fourth-order valence-corrected chi connectivity index (χ4v) is 1.40.